The standard InChI is InChI=1S/C26H32N2O7/c1-16-9-8-12-20(26(31)34-17(2)23(16)33-15-19-10-6-5-7-11-19)28-25(30)22-24(35-18(3)29)21(32-4)13-14-27-22/h5-7,10-11,13-14,16-17,20,23H,8-9,12,15H2,1-4H3,(H,28,30)/t16-,17-,20-,23+/m0/s1. The van der Waals surface area contributed by atoms with Crippen LogP contribution in [0.15, 0.2) is 42.6 Å². The average molecular weight is 485 g/mol. The molecule has 4 atom stereocenters. The molecule has 35 heavy (non-hydrogen) atoms. The van der Waals surface area contributed by atoms with Crippen molar-refractivity contribution in [3.05, 3.63) is 53.9 Å². The van der Waals surface area contributed by atoms with E-state index in [4.69, 9.17) is 18.9 Å². The van der Waals surface area contributed by atoms with Crippen LogP contribution in [-0.4, -0.2) is 48.2 Å². The topological polar surface area (TPSA) is 113 Å². The molecular weight excluding hydrogens is 452 g/mol. The van der Waals surface area contributed by atoms with Crippen LogP contribution in [0.25, 0.3) is 0 Å². The number of rotatable bonds is 7. The lowest BCUT2D eigenvalue weighted by atomic mass is 9.94. The summed E-state index contributed by atoms with van der Waals surface area (Å²) >= 11 is 0. The van der Waals surface area contributed by atoms with E-state index in [0.717, 1.165) is 12.0 Å². The number of carbonyl (C=O) groups is 3. The molecule has 0 saturated carbocycles. The fourth-order valence-electron chi connectivity index (χ4n) is 4.14. The summed E-state index contributed by atoms with van der Waals surface area (Å²) in [5.41, 5.74) is 0.885. The van der Waals surface area contributed by atoms with Crippen LogP contribution in [0.5, 0.6) is 11.5 Å². The molecule has 3 rings (SSSR count). The first kappa shape index (κ1) is 26.2. The van der Waals surface area contributed by atoms with Gasteiger partial charge in [0.25, 0.3) is 5.91 Å². The molecule has 0 bridgehead atoms. The smallest absolute Gasteiger partial charge is 0.329 e. The third-order valence-corrected chi connectivity index (χ3v) is 5.90. The summed E-state index contributed by atoms with van der Waals surface area (Å²) in [7, 11) is 1.39. The van der Waals surface area contributed by atoms with Crippen molar-refractivity contribution in [2.75, 3.05) is 7.11 Å². The lowest BCUT2D eigenvalue weighted by molar-refractivity contribution is -0.161. The third-order valence-electron chi connectivity index (χ3n) is 5.90. The first-order valence-electron chi connectivity index (χ1n) is 11.7. The Kier molecular flexibility index (Phi) is 9.19. The van der Waals surface area contributed by atoms with Crippen molar-refractivity contribution in [1.82, 2.24) is 10.3 Å². The van der Waals surface area contributed by atoms with E-state index in [-0.39, 0.29) is 29.2 Å². The number of benzene rings is 1. The SMILES string of the molecule is COc1ccnc(C(=O)N[C@H]2CCC[C@H](C)[C@@H](OCc3ccccc3)[C@H](C)OC2=O)c1OC(C)=O. The first-order valence-corrected chi connectivity index (χ1v) is 11.7. The molecule has 1 aromatic carbocycles. The van der Waals surface area contributed by atoms with Crippen LogP contribution < -0.4 is 14.8 Å². The minimum absolute atomic E-state index is 0.104. The predicted molar refractivity (Wildman–Crippen MR) is 127 cm³/mol. The predicted octanol–water partition coefficient (Wildman–Crippen LogP) is 3.45. The van der Waals surface area contributed by atoms with Crippen molar-refractivity contribution >= 4 is 17.8 Å². The summed E-state index contributed by atoms with van der Waals surface area (Å²) in [4.78, 5) is 41.6. The number of cyclic esters (lactones) is 1. The number of esters is 2. The molecule has 1 N–H and O–H groups in total. The highest BCUT2D eigenvalue weighted by molar-refractivity contribution is 5.98. The van der Waals surface area contributed by atoms with Gasteiger partial charge < -0.3 is 24.3 Å². The quantitative estimate of drug-likeness (QED) is 0.595. The number of ether oxygens (including phenoxy) is 4. The van der Waals surface area contributed by atoms with Gasteiger partial charge in [0.05, 0.1) is 19.8 Å². The largest absolute Gasteiger partial charge is 0.493 e. The second-order valence-corrected chi connectivity index (χ2v) is 8.62. The van der Waals surface area contributed by atoms with E-state index in [0.29, 0.717) is 19.4 Å². The number of pyridine rings is 1. The molecule has 1 fully saturated rings. The van der Waals surface area contributed by atoms with E-state index in [9.17, 15) is 14.4 Å². The van der Waals surface area contributed by atoms with Gasteiger partial charge in [0.2, 0.25) is 5.75 Å². The van der Waals surface area contributed by atoms with E-state index in [1.807, 2.05) is 30.3 Å². The molecule has 1 saturated heterocycles. The zero-order valence-electron chi connectivity index (χ0n) is 20.5. The molecule has 0 spiro atoms. The van der Waals surface area contributed by atoms with E-state index in [1.54, 1.807) is 6.92 Å². The maximum Gasteiger partial charge on any atom is 0.329 e. The number of carbonyl (C=O) groups excluding carboxylic acids is 3. The van der Waals surface area contributed by atoms with Crippen molar-refractivity contribution in [3.63, 3.8) is 0 Å². The number of methoxy groups -OCH3 is 1. The summed E-state index contributed by atoms with van der Waals surface area (Å²) in [5.74, 6) is -1.63. The number of amides is 1. The fraction of sp³-hybridized carbons (Fsp3) is 0.462. The second-order valence-electron chi connectivity index (χ2n) is 8.62. The van der Waals surface area contributed by atoms with Gasteiger partial charge in [0.15, 0.2) is 11.4 Å². The summed E-state index contributed by atoms with van der Waals surface area (Å²) in [6, 6.07) is 10.4. The fourth-order valence-corrected chi connectivity index (χ4v) is 4.14. The van der Waals surface area contributed by atoms with Crippen LogP contribution in [0.3, 0.4) is 0 Å². The Morgan fingerprint density at radius 1 is 1.14 bits per heavy atom. The molecule has 1 amide bonds. The van der Waals surface area contributed by atoms with Gasteiger partial charge in [-0.2, -0.15) is 0 Å². The van der Waals surface area contributed by atoms with Gasteiger partial charge in [-0.15, -0.1) is 0 Å². The molecule has 2 aromatic rings. The summed E-state index contributed by atoms with van der Waals surface area (Å²) in [5, 5.41) is 2.69. The maximum absolute atomic E-state index is 13.0. The number of hydrogen-bond donors (Lipinski definition) is 1. The maximum atomic E-state index is 13.0. The van der Waals surface area contributed by atoms with Crippen molar-refractivity contribution in [3.8, 4) is 11.5 Å². The van der Waals surface area contributed by atoms with Gasteiger partial charge in [-0.3, -0.25) is 9.59 Å². The number of aromatic nitrogens is 1. The van der Waals surface area contributed by atoms with Crippen molar-refractivity contribution in [2.24, 2.45) is 5.92 Å². The van der Waals surface area contributed by atoms with Crippen LogP contribution in [0.1, 0.15) is 56.1 Å². The summed E-state index contributed by atoms with van der Waals surface area (Å²) in [6.07, 6.45) is 2.43. The van der Waals surface area contributed by atoms with Gasteiger partial charge in [-0.1, -0.05) is 43.7 Å². The van der Waals surface area contributed by atoms with Gasteiger partial charge in [-0.05, 0) is 31.2 Å². The molecule has 1 aromatic heterocycles. The minimum atomic E-state index is -0.886. The Bertz CT molecular complexity index is 1030. The monoisotopic (exact) mass is 484 g/mol. The zero-order valence-corrected chi connectivity index (χ0v) is 20.5. The molecule has 0 unspecified atom stereocenters. The molecular formula is C26H32N2O7. The highest BCUT2D eigenvalue weighted by Crippen LogP contribution is 2.30. The van der Waals surface area contributed by atoms with Crippen LogP contribution in [0.2, 0.25) is 0 Å². The van der Waals surface area contributed by atoms with E-state index < -0.39 is 30.0 Å². The van der Waals surface area contributed by atoms with Crippen LogP contribution >= 0.6 is 0 Å². The Labute approximate surface area is 205 Å². The summed E-state index contributed by atoms with van der Waals surface area (Å²) in [6.45, 7) is 5.50. The van der Waals surface area contributed by atoms with Gasteiger partial charge in [0.1, 0.15) is 12.1 Å². The Morgan fingerprint density at radius 3 is 2.57 bits per heavy atom. The zero-order chi connectivity index (χ0) is 25.4. The lowest BCUT2D eigenvalue weighted by Gasteiger charge is -2.29. The molecule has 9 nitrogen and oxygen atoms in total. The average Bonchev–Trinajstić information content (AvgIpc) is 2.87. The molecule has 188 valence electrons. The number of nitrogens with zero attached hydrogens (tertiary/aromatic N) is 1. The molecule has 0 radical (unpaired) electrons. The molecule has 0 aliphatic carbocycles. The van der Waals surface area contributed by atoms with Crippen molar-refractivity contribution < 1.29 is 33.3 Å². The minimum Gasteiger partial charge on any atom is -0.493 e. The Balaban J connectivity index is 1.72. The van der Waals surface area contributed by atoms with Gasteiger partial charge >= 0.3 is 11.9 Å². The van der Waals surface area contributed by atoms with Gasteiger partial charge in [0, 0.05) is 19.2 Å². The molecule has 1 aliphatic rings. The first-order chi connectivity index (χ1) is 16.8. The van der Waals surface area contributed by atoms with Crippen molar-refractivity contribution in [1.29, 1.82) is 0 Å². The third kappa shape index (κ3) is 7.02. The Morgan fingerprint density at radius 2 is 1.89 bits per heavy atom. The highest BCUT2D eigenvalue weighted by atomic mass is 16.6. The number of hydrogen-bond acceptors (Lipinski definition) is 8. The second kappa shape index (κ2) is 12.3. The van der Waals surface area contributed by atoms with E-state index in [1.165, 1.54) is 26.3 Å². The van der Waals surface area contributed by atoms with Crippen LogP contribution in [-0.2, 0) is 25.7 Å². The normalized spacial score (nSPS) is 22.7. The molecule has 1 aliphatic heterocycles. The van der Waals surface area contributed by atoms with Crippen LogP contribution in [0.4, 0.5) is 0 Å². The van der Waals surface area contributed by atoms with E-state index >= 15 is 0 Å². The number of nitrogens with one attached hydrogen (secondary N) is 1. The lowest BCUT2D eigenvalue weighted by Crippen LogP contribution is -2.44. The molecule has 2 heterocycles. The molecule has 9 heteroatoms. The van der Waals surface area contributed by atoms with Crippen molar-refractivity contribution in [2.45, 2.75) is 64.9 Å². The van der Waals surface area contributed by atoms with E-state index in [2.05, 4.69) is 17.2 Å². The summed E-state index contributed by atoms with van der Waals surface area (Å²) < 4.78 is 22.2. The van der Waals surface area contributed by atoms with Gasteiger partial charge in [-0.25, -0.2) is 9.78 Å². The van der Waals surface area contributed by atoms with Crippen LogP contribution in [0, 0.1) is 5.92 Å². The Hall–Kier alpha value is -3.46. The highest BCUT2D eigenvalue weighted by Gasteiger charge is 2.34.